The number of hydrogen-bond donors (Lipinski definition) is 1. The molecular formula is C22H27N3O3. The van der Waals surface area contributed by atoms with Gasteiger partial charge in [-0.15, -0.1) is 0 Å². The van der Waals surface area contributed by atoms with Gasteiger partial charge in [-0.2, -0.15) is 0 Å². The number of aromatic nitrogens is 1. The molecule has 2 aromatic rings. The molecule has 0 saturated carbocycles. The summed E-state index contributed by atoms with van der Waals surface area (Å²) in [5.41, 5.74) is 4.32. The Morgan fingerprint density at radius 3 is 2.89 bits per heavy atom. The molecule has 3 saturated heterocycles. The maximum Gasteiger partial charge on any atom is 0.273 e. The van der Waals surface area contributed by atoms with Gasteiger partial charge < -0.3 is 14.6 Å². The number of likely N-dealkylation sites (tertiary alicyclic amines) is 1. The van der Waals surface area contributed by atoms with Gasteiger partial charge in [0.1, 0.15) is 6.26 Å². The minimum Gasteiger partial charge on any atom is -0.370 e. The molecule has 28 heavy (non-hydrogen) atoms. The number of carbonyl (C=O) groups is 1. The van der Waals surface area contributed by atoms with E-state index in [9.17, 15) is 4.79 Å². The van der Waals surface area contributed by atoms with Gasteiger partial charge in [0.05, 0.1) is 11.7 Å². The monoisotopic (exact) mass is 381 g/mol. The molecule has 5 rings (SSSR count). The zero-order chi connectivity index (χ0) is 19.3. The van der Waals surface area contributed by atoms with Gasteiger partial charge in [0.2, 0.25) is 0 Å². The minimum atomic E-state index is -0.171. The SMILES string of the molecule is Cc1cc(C)cc(CN2C[C@@H]3[C@H](CNC(=O)c4ccon4)[C@H]4CC[C@]3(C2)O4)c1. The number of nitrogens with zero attached hydrogens (tertiary/aromatic N) is 2. The number of aryl methyl sites for hydroxylation is 2. The van der Waals surface area contributed by atoms with E-state index in [1.165, 1.54) is 23.0 Å². The Kier molecular flexibility index (Phi) is 4.29. The van der Waals surface area contributed by atoms with Crippen molar-refractivity contribution in [3.05, 3.63) is 52.9 Å². The average Bonchev–Trinajstić information content (AvgIpc) is 3.39. The first-order valence-electron chi connectivity index (χ1n) is 10.2. The second-order valence-electron chi connectivity index (χ2n) is 8.79. The molecule has 4 atom stereocenters. The molecule has 0 aliphatic carbocycles. The molecule has 0 radical (unpaired) electrons. The third-order valence-electron chi connectivity index (χ3n) is 6.71. The Labute approximate surface area is 165 Å². The smallest absolute Gasteiger partial charge is 0.273 e. The van der Waals surface area contributed by atoms with Gasteiger partial charge in [-0.3, -0.25) is 9.69 Å². The van der Waals surface area contributed by atoms with Crippen molar-refractivity contribution < 1.29 is 14.1 Å². The normalized spacial score (nSPS) is 31.3. The van der Waals surface area contributed by atoms with Crippen LogP contribution in [0.25, 0.3) is 0 Å². The van der Waals surface area contributed by atoms with E-state index in [0.717, 1.165) is 32.5 Å². The van der Waals surface area contributed by atoms with E-state index in [-0.39, 0.29) is 17.6 Å². The first-order chi connectivity index (χ1) is 13.5. The summed E-state index contributed by atoms with van der Waals surface area (Å²) in [5.74, 6) is 0.680. The lowest BCUT2D eigenvalue weighted by Crippen LogP contribution is -2.42. The van der Waals surface area contributed by atoms with Gasteiger partial charge >= 0.3 is 0 Å². The molecule has 148 valence electrons. The molecule has 3 fully saturated rings. The van der Waals surface area contributed by atoms with E-state index in [2.05, 4.69) is 47.4 Å². The van der Waals surface area contributed by atoms with Gasteiger partial charge in [0.15, 0.2) is 5.69 Å². The van der Waals surface area contributed by atoms with E-state index >= 15 is 0 Å². The molecular weight excluding hydrogens is 354 g/mol. The third kappa shape index (κ3) is 3.05. The summed E-state index contributed by atoms with van der Waals surface area (Å²) in [5, 5.41) is 6.76. The Hall–Kier alpha value is -2.18. The van der Waals surface area contributed by atoms with Crippen molar-refractivity contribution in [2.45, 2.75) is 44.9 Å². The third-order valence-corrected chi connectivity index (χ3v) is 6.71. The molecule has 0 unspecified atom stereocenters. The second kappa shape index (κ2) is 6.71. The highest BCUT2D eigenvalue weighted by molar-refractivity contribution is 5.91. The topological polar surface area (TPSA) is 67.6 Å². The number of benzene rings is 1. The number of rotatable bonds is 5. The lowest BCUT2D eigenvalue weighted by Gasteiger charge is -2.29. The Morgan fingerprint density at radius 1 is 1.32 bits per heavy atom. The summed E-state index contributed by atoms with van der Waals surface area (Å²) in [6.45, 7) is 7.95. The lowest BCUT2D eigenvalue weighted by molar-refractivity contribution is 0.00212. The van der Waals surface area contributed by atoms with Crippen LogP contribution in [0.5, 0.6) is 0 Å². The highest BCUT2D eigenvalue weighted by atomic mass is 16.5. The molecule has 6 nitrogen and oxygen atoms in total. The average molecular weight is 381 g/mol. The Bertz CT molecular complexity index is 861. The number of nitrogens with one attached hydrogen (secondary N) is 1. The van der Waals surface area contributed by atoms with E-state index in [1.807, 2.05) is 0 Å². The van der Waals surface area contributed by atoms with Crippen LogP contribution in [0.3, 0.4) is 0 Å². The van der Waals surface area contributed by atoms with Crippen molar-refractivity contribution in [1.82, 2.24) is 15.4 Å². The van der Waals surface area contributed by atoms with E-state index in [0.29, 0.717) is 24.1 Å². The van der Waals surface area contributed by atoms with Crippen LogP contribution >= 0.6 is 0 Å². The Morgan fingerprint density at radius 2 is 2.14 bits per heavy atom. The highest BCUT2D eigenvalue weighted by Gasteiger charge is 2.62. The lowest BCUT2D eigenvalue weighted by atomic mass is 9.73. The fraction of sp³-hybridized carbons (Fsp3) is 0.545. The molecule has 1 N–H and O–H groups in total. The molecule has 1 aromatic heterocycles. The summed E-state index contributed by atoms with van der Waals surface area (Å²) in [7, 11) is 0. The molecule has 1 aromatic carbocycles. The van der Waals surface area contributed by atoms with Crippen LogP contribution in [0, 0.1) is 25.7 Å². The van der Waals surface area contributed by atoms with Gasteiger partial charge in [-0.25, -0.2) is 0 Å². The van der Waals surface area contributed by atoms with E-state index in [1.54, 1.807) is 6.07 Å². The van der Waals surface area contributed by atoms with Gasteiger partial charge in [0.25, 0.3) is 5.91 Å². The minimum absolute atomic E-state index is 0.0210. The van der Waals surface area contributed by atoms with Crippen LogP contribution < -0.4 is 5.32 Å². The van der Waals surface area contributed by atoms with Crippen LogP contribution in [-0.4, -0.2) is 47.3 Å². The summed E-state index contributed by atoms with van der Waals surface area (Å²) in [6, 6.07) is 8.38. The molecule has 3 aliphatic rings. The standard InChI is InChI=1S/C22H27N3O3/c1-14-7-15(2)9-16(8-14)11-25-12-18-17(20-3-5-22(18,13-25)28-20)10-23-21(26)19-4-6-27-24-19/h4,6-9,17-18,20H,3,5,10-13H2,1-2H3,(H,23,26)/t17-,18+,20+,22+/m0/s1. The Balaban J connectivity index is 1.26. The largest absolute Gasteiger partial charge is 0.370 e. The summed E-state index contributed by atoms with van der Waals surface area (Å²) >= 11 is 0. The molecule has 1 amide bonds. The number of carbonyl (C=O) groups excluding carboxylic acids is 1. The summed E-state index contributed by atoms with van der Waals surface area (Å²) in [6.07, 6.45) is 3.93. The van der Waals surface area contributed by atoms with Gasteiger partial charge in [-0.05, 0) is 32.3 Å². The van der Waals surface area contributed by atoms with Gasteiger partial charge in [0, 0.05) is 44.1 Å². The van der Waals surface area contributed by atoms with E-state index in [4.69, 9.17) is 9.26 Å². The maximum absolute atomic E-state index is 12.2. The van der Waals surface area contributed by atoms with Crippen LogP contribution in [0.15, 0.2) is 35.1 Å². The first kappa shape index (κ1) is 17.9. The molecule has 1 spiro atoms. The fourth-order valence-electron chi connectivity index (χ4n) is 5.73. The van der Waals surface area contributed by atoms with Crippen molar-refractivity contribution in [2.24, 2.45) is 11.8 Å². The van der Waals surface area contributed by atoms with Crippen molar-refractivity contribution in [1.29, 1.82) is 0 Å². The molecule has 6 heteroatoms. The van der Waals surface area contributed by atoms with Crippen molar-refractivity contribution >= 4 is 5.91 Å². The molecule has 2 bridgehead atoms. The number of hydrogen-bond acceptors (Lipinski definition) is 5. The molecule has 3 aliphatic heterocycles. The van der Waals surface area contributed by atoms with Crippen LogP contribution in [0.2, 0.25) is 0 Å². The summed E-state index contributed by atoms with van der Waals surface area (Å²) in [4.78, 5) is 14.8. The maximum atomic E-state index is 12.2. The van der Waals surface area contributed by atoms with Crippen molar-refractivity contribution in [3.8, 4) is 0 Å². The highest BCUT2D eigenvalue weighted by Crippen LogP contribution is 2.54. The second-order valence-corrected chi connectivity index (χ2v) is 8.79. The predicted molar refractivity (Wildman–Crippen MR) is 104 cm³/mol. The summed E-state index contributed by atoms with van der Waals surface area (Å²) < 4.78 is 11.3. The van der Waals surface area contributed by atoms with Crippen LogP contribution in [0.4, 0.5) is 0 Å². The number of ether oxygens (including phenoxy) is 1. The van der Waals surface area contributed by atoms with Gasteiger partial charge in [-0.1, -0.05) is 34.5 Å². The fourth-order valence-corrected chi connectivity index (χ4v) is 5.73. The first-order valence-corrected chi connectivity index (χ1v) is 10.2. The van der Waals surface area contributed by atoms with Crippen molar-refractivity contribution in [3.63, 3.8) is 0 Å². The predicted octanol–water partition coefficient (Wildman–Crippen LogP) is 2.70. The van der Waals surface area contributed by atoms with Crippen LogP contribution in [0.1, 0.15) is 40.0 Å². The molecule has 4 heterocycles. The number of amides is 1. The zero-order valence-corrected chi connectivity index (χ0v) is 16.5. The zero-order valence-electron chi connectivity index (χ0n) is 16.5. The van der Waals surface area contributed by atoms with Crippen molar-refractivity contribution in [2.75, 3.05) is 19.6 Å². The van der Waals surface area contributed by atoms with Crippen LogP contribution in [-0.2, 0) is 11.3 Å². The quantitative estimate of drug-likeness (QED) is 0.863. The number of fused-ring (bicyclic) bond motifs is 1. The van der Waals surface area contributed by atoms with E-state index < -0.39 is 0 Å².